The van der Waals surface area contributed by atoms with Gasteiger partial charge >= 0.3 is 0 Å². The molecule has 210 valence electrons. The summed E-state index contributed by atoms with van der Waals surface area (Å²) < 4.78 is 10.6. The lowest BCUT2D eigenvalue weighted by Gasteiger charge is -2.32. The minimum absolute atomic E-state index is 0.0672. The number of amides is 2. The molecule has 39 heavy (non-hydrogen) atoms. The van der Waals surface area contributed by atoms with Crippen LogP contribution in [0.15, 0.2) is 42.5 Å². The van der Waals surface area contributed by atoms with E-state index in [0.717, 1.165) is 63.2 Å². The highest BCUT2D eigenvalue weighted by molar-refractivity contribution is 6.42. The Hall–Kier alpha value is -2.74. The maximum atomic E-state index is 12.4. The second-order valence-corrected chi connectivity index (χ2v) is 10.9. The second kappa shape index (κ2) is 15.2. The maximum absolute atomic E-state index is 12.4. The molecule has 2 heterocycles. The topological polar surface area (TPSA) is 79.9 Å². The molecule has 0 unspecified atom stereocenters. The molecule has 2 aliphatic heterocycles. The van der Waals surface area contributed by atoms with Crippen molar-refractivity contribution in [3.05, 3.63) is 63.6 Å². The molecule has 2 aliphatic rings. The van der Waals surface area contributed by atoms with Crippen molar-refractivity contribution in [1.29, 1.82) is 0 Å². The van der Waals surface area contributed by atoms with Crippen molar-refractivity contribution in [1.82, 2.24) is 15.5 Å². The zero-order valence-electron chi connectivity index (χ0n) is 22.2. The van der Waals surface area contributed by atoms with Crippen molar-refractivity contribution >= 4 is 41.1 Å². The van der Waals surface area contributed by atoms with E-state index < -0.39 is 0 Å². The van der Waals surface area contributed by atoms with Crippen LogP contribution in [0.2, 0.25) is 10.0 Å². The summed E-state index contributed by atoms with van der Waals surface area (Å²) in [6.07, 6.45) is 11.1. The average molecular weight is 575 g/mol. The van der Waals surface area contributed by atoms with Crippen molar-refractivity contribution in [3.63, 3.8) is 0 Å². The molecule has 0 bridgehead atoms. The molecule has 0 saturated carbocycles. The molecule has 4 rings (SSSR count). The molecule has 1 saturated heterocycles. The highest BCUT2D eigenvalue weighted by Gasteiger charge is 2.19. The summed E-state index contributed by atoms with van der Waals surface area (Å²) in [5.74, 6) is 1.88. The number of fused-ring (bicyclic) bond motifs is 1. The average Bonchev–Trinajstić information content (AvgIpc) is 3.42. The van der Waals surface area contributed by atoms with Crippen molar-refractivity contribution in [2.45, 2.75) is 44.9 Å². The molecule has 0 atom stereocenters. The fraction of sp³-hybridized carbons (Fsp3) is 0.467. The second-order valence-electron chi connectivity index (χ2n) is 10.1. The van der Waals surface area contributed by atoms with Crippen molar-refractivity contribution in [2.75, 3.05) is 39.5 Å². The number of unbranched alkanes of at least 4 members (excludes halogenated alkanes) is 2. The molecular formula is C30H37Cl2N3O4. The summed E-state index contributed by atoms with van der Waals surface area (Å²) in [5, 5.41) is 6.94. The highest BCUT2D eigenvalue weighted by atomic mass is 35.5. The van der Waals surface area contributed by atoms with Crippen LogP contribution in [-0.2, 0) is 4.79 Å². The number of carbonyl (C=O) groups is 2. The number of likely N-dealkylation sites (tertiary alicyclic amines) is 1. The number of piperidine rings is 1. The Balaban J connectivity index is 0.991. The fourth-order valence-electron chi connectivity index (χ4n) is 4.93. The molecule has 1 fully saturated rings. The summed E-state index contributed by atoms with van der Waals surface area (Å²) in [4.78, 5) is 27.0. The van der Waals surface area contributed by atoms with Gasteiger partial charge in [0.05, 0.1) is 10.0 Å². The van der Waals surface area contributed by atoms with Gasteiger partial charge in [0.2, 0.25) is 12.7 Å². The quantitative estimate of drug-likeness (QED) is 0.229. The van der Waals surface area contributed by atoms with Crippen LogP contribution in [0.5, 0.6) is 11.5 Å². The first-order valence-electron chi connectivity index (χ1n) is 13.8. The summed E-state index contributed by atoms with van der Waals surface area (Å²) in [6, 6.07) is 10.6. The van der Waals surface area contributed by atoms with Gasteiger partial charge in [0, 0.05) is 24.7 Å². The first-order chi connectivity index (χ1) is 19.0. The van der Waals surface area contributed by atoms with E-state index in [4.69, 9.17) is 32.7 Å². The van der Waals surface area contributed by atoms with Crippen LogP contribution in [0.3, 0.4) is 0 Å². The Kier molecular flexibility index (Phi) is 11.4. The molecule has 0 radical (unpaired) electrons. The van der Waals surface area contributed by atoms with Gasteiger partial charge in [0.1, 0.15) is 0 Å². The number of ether oxygens (including phenoxy) is 2. The van der Waals surface area contributed by atoms with E-state index in [1.165, 1.54) is 18.9 Å². The summed E-state index contributed by atoms with van der Waals surface area (Å²) in [5.41, 5.74) is 1.44. The zero-order chi connectivity index (χ0) is 27.5. The largest absolute Gasteiger partial charge is 0.454 e. The molecule has 2 aromatic carbocycles. The van der Waals surface area contributed by atoms with Crippen LogP contribution in [0.1, 0.15) is 60.9 Å². The third-order valence-electron chi connectivity index (χ3n) is 7.24. The van der Waals surface area contributed by atoms with Gasteiger partial charge in [-0.15, -0.1) is 0 Å². The number of rotatable bonds is 13. The van der Waals surface area contributed by atoms with Gasteiger partial charge in [-0.1, -0.05) is 35.7 Å². The Morgan fingerprint density at radius 3 is 2.51 bits per heavy atom. The number of nitrogens with zero attached hydrogens (tertiary/aromatic N) is 1. The minimum atomic E-state index is -0.101. The minimum Gasteiger partial charge on any atom is -0.454 e. The standard InChI is InChI=1S/C30H37Cl2N3O4/c31-25-9-6-23(19-26(25)32)7-11-29(36)33-14-2-1-3-16-35-17-12-22(13-18-35)5-4-15-34-30(37)24-8-10-27-28(20-24)39-21-38-27/h6-11,19-20,22H,1-5,12-18,21H2,(H,33,36)(H,34,37)/b11-7+. The predicted octanol–water partition coefficient (Wildman–Crippen LogP) is 5.94. The lowest BCUT2D eigenvalue weighted by molar-refractivity contribution is -0.116. The fourth-order valence-corrected chi connectivity index (χ4v) is 5.23. The maximum Gasteiger partial charge on any atom is 0.251 e. The predicted molar refractivity (Wildman–Crippen MR) is 156 cm³/mol. The van der Waals surface area contributed by atoms with Crippen molar-refractivity contribution < 1.29 is 19.1 Å². The lowest BCUT2D eigenvalue weighted by atomic mass is 9.92. The molecule has 0 spiro atoms. The monoisotopic (exact) mass is 573 g/mol. The SMILES string of the molecule is O=C(/C=C/c1ccc(Cl)c(Cl)c1)NCCCCCN1CCC(CCCNC(=O)c2ccc3c(c2)OCO3)CC1. The molecular weight excluding hydrogens is 537 g/mol. The third kappa shape index (κ3) is 9.45. The molecule has 2 N–H and O–H groups in total. The van der Waals surface area contributed by atoms with E-state index in [1.807, 2.05) is 6.07 Å². The van der Waals surface area contributed by atoms with E-state index in [-0.39, 0.29) is 18.6 Å². The number of hydrogen-bond acceptors (Lipinski definition) is 5. The number of halogens is 2. The van der Waals surface area contributed by atoms with Crippen molar-refractivity contribution in [2.24, 2.45) is 5.92 Å². The Morgan fingerprint density at radius 1 is 0.897 bits per heavy atom. The van der Waals surface area contributed by atoms with Gasteiger partial charge < -0.3 is 25.0 Å². The first-order valence-corrected chi connectivity index (χ1v) is 14.5. The third-order valence-corrected chi connectivity index (χ3v) is 7.98. The van der Waals surface area contributed by atoms with Gasteiger partial charge in [-0.05, 0) is 106 Å². The normalized spacial score (nSPS) is 15.5. The van der Waals surface area contributed by atoms with E-state index in [9.17, 15) is 9.59 Å². The molecule has 0 aromatic heterocycles. The highest BCUT2D eigenvalue weighted by Crippen LogP contribution is 2.32. The summed E-state index contributed by atoms with van der Waals surface area (Å²) in [6.45, 7) is 4.98. The van der Waals surface area contributed by atoms with Gasteiger partial charge in [0.15, 0.2) is 11.5 Å². The van der Waals surface area contributed by atoms with Gasteiger partial charge in [-0.3, -0.25) is 9.59 Å². The van der Waals surface area contributed by atoms with Crippen LogP contribution in [0.25, 0.3) is 6.08 Å². The number of carbonyl (C=O) groups excluding carboxylic acids is 2. The Morgan fingerprint density at radius 2 is 1.69 bits per heavy atom. The van der Waals surface area contributed by atoms with Crippen LogP contribution < -0.4 is 20.1 Å². The van der Waals surface area contributed by atoms with Crippen LogP contribution in [-0.4, -0.2) is 56.2 Å². The van der Waals surface area contributed by atoms with Gasteiger partial charge in [0.25, 0.3) is 5.91 Å². The number of benzene rings is 2. The van der Waals surface area contributed by atoms with E-state index in [1.54, 1.807) is 36.4 Å². The zero-order valence-corrected chi connectivity index (χ0v) is 23.7. The van der Waals surface area contributed by atoms with E-state index >= 15 is 0 Å². The molecule has 2 amide bonds. The van der Waals surface area contributed by atoms with Gasteiger partial charge in [-0.2, -0.15) is 0 Å². The van der Waals surface area contributed by atoms with E-state index in [0.29, 0.717) is 40.2 Å². The molecule has 0 aliphatic carbocycles. The summed E-state index contributed by atoms with van der Waals surface area (Å²) in [7, 11) is 0. The summed E-state index contributed by atoms with van der Waals surface area (Å²) >= 11 is 11.9. The molecule has 9 heteroatoms. The molecule has 7 nitrogen and oxygen atoms in total. The van der Waals surface area contributed by atoms with Crippen LogP contribution in [0, 0.1) is 5.92 Å². The van der Waals surface area contributed by atoms with E-state index in [2.05, 4.69) is 15.5 Å². The smallest absolute Gasteiger partial charge is 0.251 e. The number of nitrogens with one attached hydrogen (secondary N) is 2. The first kappa shape index (κ1) is 29.2. The number of hydrogen-bond donors (Lipinski definition) is 2. The molecule has 2 aromatic rings. The lowest BCUT2D eigenvalue weighted by Crippen LogP contribution is -2.34. The van der Waals surface area contributed by atoms with Crippen LogP contribution >= 0.6 is 23.2 Å². The van der Waals surface area contributed by atoms with Gasteiger partial charge in [-0.25, -0.2) is 0 Å². The Bertz CT molecular complexity index is 1150. The van der Waals surface area contributed by atoms with Crippen molar-refractivity contribution in [3.8, 4) is 11.5 Å². The van der Waals surface area contributed by atoms with Crippen LogP contribution in [0.4, 0.5) is 0 Å². The Labute approximate surface area is 240 Å².